The SMILES string of the molecule is O=c1[nH]ccc2cc3c(cc12)CCC3. The minimum atomic E-state index is 0.0252. The zero-order chi connectivity index (χ0) is 9.54. The van der Waals surface area contributed by atoms with Crippen LogP contribution in [0.2, 0.25) is 0 Å². The normalized spacial score (nSPS) is 14.6. The van der Waals surface area contributed by atoms with Crippen LogP contribution in [-0.2, 0) is 12.8 Å². The Morgan fingerprint density at radius 2 is 1.93 bits per heavy atom. The van der Waals surface area contributed by atoms with Gasteiger partial charge in [0, 0.05) is 11.6 Å². The van der Waals surface area contributed by atoms with Crippen molar-refractivity contribution in [1.29, 1.82) is 0 Å². The van der Waals surface area contributed by atoms with Crippen LogP contribution in [0.25, 0.3) is 10.8 Å². The third-order valence-electron chi connectivity index (χ3n) is 2.99. The van der Waals surface area contributed by atoms with Crippen LogP contribution in [0.3, 0.4) is 0 Å². The molecule has 0 amide bonds. The summed E-state index contributed by atoms with van der Waals surface area (Å²) in [7, 11) is 0. The number of pyridine rings is 1. The standard InChI is InChI=1S/C12H11NO/c14-12-11-7-9-3-1-2-8(9)6-10(11)4-5-13-12/h4-7H,1-3H2,(H,13,14). The lowest BCUT2D eigenvalue weighted by molar-refractivity contribution is 0.912. The van der Waals surface area contributed by atoms with Gasteiger partial charge in [0.15, 0.2) is 0 Å². The van der Waals surface area contributed by atoms with Gasteiger partial charge in [0.2, 0.25) is 0 Å². The molecule has 0 fully saturated rings. The van der Waals surface area contributed by atoms with E-state index in [9.17, 15) is 4.79 Å². The maximum Gasteiger partial charge on any atom is 0.255 e. The van der Waals surface area contributed by atoms with Crippen LogP contribution in [0.1, 0.15) is 17.5 Å². The van der Waals surface area contributed by atoms with Crippen LogP contribution in [-0.4, -0.2) is 4.98 Å². The summed E-state index contributed by atoms with van der Waals surface area (Å²) in [5.41, 5.74) is 2.80. The predicted molar refractivity (Wildman–Crippen MR) is 56.6 cm³/mol. The first-order chi connectivity index (χ1) is 6.84. The molecule has 0 unspecified atom stereocenters. The molecule has 0 atom stereocenters. The highest BCUT2D eigenvalue weighted by atomic mass is 16.1. The summed E-state index contributed by atoms with van der Waals surface area (Å²) in [6.07, 6.45) is 5.23. The Morgan fingerprint density at radius 1 is 1.14 bits per heavy atom. The summed E-state index contributed by atoms with van der Waals surface area (Å²) >= 11 is 0. The van der Waals surface area contributed by atoms with E-state index >= 15 is 0 Å². The molecule has 0 bridgehead atoms. The maximum absolute atomic E-state index is 11.5. The highest BCUT2D eigenvalue weighted by Crippen LogP contribution is 2.25. The van der Waals surface area contributed by atoms with Crippen molar-refractivity contribution in [2.75, 3.05) is 0 Å². The highest BCUT2D eigenvalue weighted by Gasteiger charge is 2.12. The van der Waals surface area contributed by atoms with Gasteiger partial charge in [0.1, 0.15) is 0 Å². The Hall–Kier alpha value is -1.57. The number of rotatable bonds is 0. The molecule has 0 spiro atoms. The molecule has 1 aliphatic carbocycles. The summed E-state index contributed by atoms with van der Waals surface area (Å²) in [5.74, 6) is 0. The van der Waals surface area contributed by atoms with Crippen molar-refractivity contribution in [1.82, 2.24) is 4.98 Å². The molecule has 1 N–H and O–H groups in total. The molecule has 3 rings (SSSR count). The van der Waals surface area contributed by atoms with E-state index in [2.05, 4.69) is 17.1 Å². The first kappa shape index (κ1) is 7.80. The van der Waals surface area contributed by atoms with E-state index in [4.69, 9.17) is 0 Å². The van der Waals surface area contributed by atoms with Crippen LogP contribution in [0.5, 0.6) is 0 Å². The maximum atomic E-state index is 11.5. The molecule has 0 saturated carbocycles. The molecular formula is C12H11NO. The summed E-state index contributed by atoms with van der Waals surface area (Å²) in [6, 6.07) is 6.18. The quantitative estimate of drug-likeness (QED) is 0.669. The van der Waals surface area contributed by atoms with Crippen molar-refractivity contribution >= 4 is 10.8 Å². The number of aromatic amines is 1. The number of nitrogens with one attached hydrogen (secondary N) is 1. The zero-order valence-corrected chi connectivity index (χ0v) is 7.84. The molecule has 2 nitrogen and oxygen atoms in total. The van der Waals surface area contributed by atoms with Gasteiger partial charge in [-0.15, -0.1) is 0 Å². The first-order valence-electron chi connectivity index (χ1n) is 4.98. The van der Waals surface area contributed by atoms with Crippen LogP contribution in [0.15, 0.2) is 29.2 Å². The minimum Gasteiger partial charge on any atom is -0.329 e. The van der Waals surface area contributed by atoms with Crippen molar-refractivity contribution in [3.05, 3.63) is 45.9 Å². The van der Waals surface area contributed by atoms with E-state index in [1.807, 2.05) is 6.07 Å². The van der Waals surface area contributed by atoms with Gasteiger partial charge < -0.3 is 4.98 Å². The first-order valence-corrected chi connectivity index (χ1v) is 4.98. The summed E-state index contributed by atoms with van der Waals surface area (Å²) in [6.45, 7) is 0. The Balaban J connectivity index is 2.45. The van der Waals surface area contributed by atoms with Gasteiger partial charge in [0.05, 0.1) is 0 Å². The molecule has 0 radical (unpaired) electrons. The largest absolute Gasteiger partial charge is 0.329 e. The highest BCUT2D eigenvalue weighted by molar-refractivity contribution is 5.83. The molecule has 1 aromatic heterocycles. The van der Waals surface area contributed by atoms with E-state index in [0.717, 1.165) is 23.6 Å². The van der Waals surface area contributed by atoms with Gasteiger partial charge in [-0.1, -0.05) is 6.07 Å². The van der Waals surface area contributed by atoms with Gasteiger partial charge >= 0.3 is 0 Å². The van der Waals surface area contributed by atoms with Gasteiger partial charge in [-0.25, -0.2) is 0 Å². The van der Waals surface area contributed by atoms with Crippen molar-refractivity contribution in [3.63, 3.8) is 0 Å². The Kier molecular flexibility index (Phi) is 1.51. The van der Waals surface area contributed by atoms with E-state index in [1.54, 1.807) is 6.20 Å². The Labute approximate surface area is 81.6 Å². The molecule has 70 valence electrons. The van der Waals surface area contributed by atoms with Crippen molar-refractivity contribution in [3.8, 4) is 0 Å². The van der Waals surface area contributed by atoms with Crippen molar-refractivity contribution in [2.45, 2.75) is 19.3 Å². The number of aryl methyl sites for hydroxylation is 2. The van der Waals surface area contributed by atoms with E-state index in [0.29, 0.717) is 0 Å². The number of benzene rings is 1. The smallest absolute Gasteiger partial charge is 0.255 e. The average Bonchev–Trinajstić information content (AvgIpc) is 2.62. The molecule has 1 aliphatic rings. The van der Waals surface area contributed by atoms with E-state index < -0.39 is 0 Å². The molecule has 0 aliphatic heterocycles. The summed E-state index contributed by atoms with van der Waals surface area (Å²) < 4.78 is 0. The molecule has 1 aromatic carbocycles. The fraction of sp³-hybridized carbons (Fsp3) is 0.250. The number of fused-ring (bicyclic) bond motifs is 2. The van der Waals surface area contributed by atoms with Crippen molar-refractivity contribution < 1.29 is 0 Å². The van der Waals surface area contributed by atoms with Crippen LogP contribution in [0, 0.1) is 0 Å². The second kappa shape index (κ2) is 2.71. The Morgan fingerprint density at radius 3 is 2.79 bits per heavy atom. The van der Waals surface area contributed by atoms with Gasteiger partial charge in [0.25, 0.3) is 5.56 Å². The summed E-state index contributed by atoms with van der Waals surface area (Å²) in [4.78, 5) is 14.2. The molecule has 14 heavy (non-hydrogen) atoms. The van der Waals surface area contributed by atoms with Crippen LogP contribution >= 0.6 is 0 Å². The monoisotopic (exact) mass is 185 g/mol. The lowest BCUT2D eigenvalue weighted by Crippen LogP contribution is -2.04. The molecule has 2 aromatic rings. The molecule has 2 heteroatoms. The van der Waals surface area contributed by atoms with E-state index in [1.165, 1.54) is 17.5 Å². The average molecular weight is 185 g/mol. The fourth-order valence-corrected chi connectivity index (χ4v) is 2.26. The lowest BCUT2D eigenvalue weighted by Gasteiger charge is -2.01. The Bertz CT molecular complexity index is 554. The van der Waals surface area contributed by atoms with E-state index in [-0.39, 0.29) is 5.56 Å². The third kappa shape index (κ3) is 1.00. The zero-order valence-electron chi connectivity index (χ0n) is 7.84. The fourth-order valence-electron chi connectivity index (χ4n) is 2.26. The third-order valence-corrected chi connectivity index (χ3v) is 2.99. The topological polar surface area (TPSA) is 32.9 Å². The number of hydrogen-bond acceptors (Lipinski definition) is 1. The van der Waals surface area contributed by atoms with Gasteiger partial charge in [-0.05, 0) is 47.9 Å². The minimum absolute atomic E-state index is 0.0252. The van der Waals surface area contributed by atoms with Gasteiger partial charge in [-0.2, -0.15) is 0 Å². The predicted octanol–water partition coefficient (Wildman–Crippen LogP) is 2.02. The van der Waals surface area contributed by atoms with Gasteiger partial charge in [-0.3, -0.25) is 4.79 Å². The number of H-pyrrole nitrogens is 1. The molecule has 0 saturated heterocycles. The van der Waals surface area contributed by atoms with Crippen LogP contribution in [0.4, 0.5) is 0 Å². The van der Waals surface area contributed by atoms with Crippen molar-refractivity contribution in [2.24, 2.45) is 0 Å². The molecular weight excluding hydrogens is 174 g/mol. The second-order valence-corrected chi connectivity index (χ2v) is 3.87. The van der Waals surface area contributed by atoms with Crippen LogP contribution < -0.4 is 5.56 Å². The second-order valence-electron chi connectivity index (χ2n) is 3.87. The number of aromatic nitrogens is 1. The lowest BCUT2D eigenvalue weighted by atomic mass is 10.0. The summed E-state index contributed by atoms with van der Waals surface area (Å²) in [5, 5.41) is 1.89. The number of hydrogen-bond donors (Lipinski definition) is 1. The molecule has 1 heterocycles.